The molecule has 5 rings (SSSR count). The van der Waals surface area contributed by atoms with E-state index < -0.39 is 36.9 Å². The summed E-state index contributed by atoms with van der Waals surface area (Å²) >= 11 is 0. The molecule has 6 atom stereocenters. The summed E-state index contributed by atoms with van der Waals surface area (Å²) in [5.74, 6) is -0.199. The van der Waals surface area contributed by atoms with Gasteiger partial charge < -0.3 is 29.0 Å². The summed E-state index contributed by atoms with van der Waals surface area (Å²) in [5.41, 5.74) is 2.94. The van der Waals surface area contributed by atoms with E-state index in [-0.39, 0.29) is 5.91 Å². The maximum atomic E-state index is 12.3. The molecule has 0 bridgehead atoms. The van der Waals surface area contributed by atoms with Gasteiger partial charge in [-0.3, -0.25) is 4.79 Å². The van der Waals surface area contributed by atoms with Crippen molar-refractivity contribution in [2.24, 2.45) is 0 Å². The fourth-order valence-corrected chi connectivity index (χ4v) is 4.60. The van der Waals surface area contributed by atoms with Gasteiger partial charge in [0.1, 0.15) is 24.4 Å². The summed E-state index contributed by atoms with van der Waals surface area (Å²) in [6.07, 6.45) is -2.71. The van der Waals surface area contributed by atoms with E-state index >= 15 is 0 Å². The summed E-state index contributed by atoms with van der Waals surface area (Å²) in [4.78, 5) is 12.3. The van der Waals surface area contributed by atoms with Gasteiger partial charge in [-0.1, -0.05) is 91.0 Å². The Morgan fingerprint density at radius 3 is 2.03 bits per heavy atom. The second-order valence-corrected chi connectivity index (χ2v) is 9.00. The molecule has 2 saturated heterocycles. The highest BCUT2D eigenvalue weighted by Gasteiger charge is 2.51. The molecule has 0 aromatic heterocycles. The summed E-state index contributed by atoms with van der Waals surface area (Å²) in [6.45, 7) is 2.48. The van der Waals surface area contributed by atoms with Crippen LogP contribution in [0.2, 0.25) is 0 Å². The SMILES string of the molecule is CC(=O)NC1[C@@H](OCc2ccccc2)OC2COC(c3ccccc3)O[C@H]2[C@@H]1OCc1ccccc1. The number of hydrogen-bond donors (Lipinski definition) is 1. The zero-order valence-electron chi connectivity index (χ0n) is 20.2. The Morgan fingerprint density at radius 1 is 0.833 bits per heavy atom. The van der Waals surface area contributed by atoms with E-state index in [0.29, 0.717) is 19.8 Å². The molecule has 7 heteroatoms. The maximum Gasteiger partial charge on any atom is 0.217 e. The van der Waals surface area contributed by atoms with Crippen molar-refractivity contribution in [3.05, 3.63) is 108 Å². The Kier molecular flexibility index (Phi) is 8.05. The summed E-state index contributed by atoms with van der Waals surface area (Å²) in [6, 6.07) is 29.0. The van der Waals surface area contributed by atoms with E-state index in [9.17, 15) is 4.79 Å². The molecular weight excluding hydrogens is 458 g/mol. The largest absolute Gasteiger partial charge is 0.368 e. The predicted molar refractivity (Wildman–Crippen MR) is 133 cm³/mol. The monoisotopic (exact) mass is 489 g/mol. The standard InChI is InChI=1S/C29H31NO6/c1-20(31)30-25-27(32-17-21-11-5-2-6-12-21)26-24(19-34-28(36-26)23-15-9-4-10-16-23)35-29(25)33-18-22-13-7-3-8-14-22/h2-16,24-29H,17-19H2,1H3,(H,30,31)/t24?,25?,26-,27-,28?,29+/m1/s1. The third-order valence-electron chi connectivity index (χ3n) is 6.32. The summed E-state index contributed by atoms with van der Waals surface area (Å²) in [7, 11) is 0. The molecule has 1 amide bonds. The number of benzene rings is 3. The molecule has 2 heterocycles. The van der Waals surface area contributed by atoms with Crippen LogP contribution in [0, 0.1) is 0 Å². The zero-order valence-corrected chi connectivity index (χ0v) is 20.2. The van der Waals surface area contributed by atoms with Crippen LogP contribution in [0.5, 0.6) is 0 Å². The first-order chi connectivity index (χ1) is 17.7. The molecule has 0 radical (unpaired) electrons. The highest BCUT2D eigenvalue weighted by molar-refractivity contribution is 5.73. The van der Waals surface area contributed by atoms with Crippen LogP contribution in [-0.2, 0) is 41.7 Å². The lowest BCUT2D eigenvalue weighted by molar-refractivity contribution is -0.350. The van der Waals surface area contributed by atoms with Gasteiger partial charge >= 0.3 is 0 Å². The average molecular weight is 490 g/mol. The van der Waals surface area contributed by atoms with E-state index in [1.165, 1.54) is 6.92 Å². The van der Waals surface area contributed by atoms with Gasteiger partial charge in [0.2, 0.25) is 5.91 Å². The lowest BCUT2D eigenvalue weighted by Gasteiger charge is -2.49. The summed E-state index contributed by atoms with van der Waals surface area (Å²) in [5, 5.41) is 3.01. The maximum absolute atomic E-state index is 12.3. The molecule has 188 valence electrons. The van der Waals surface area contributed by atoms with Gasteiger partial charge in [0.25, 0.3) is 0 Å². The molecule has 3 unspecified atom stereocenters. The molecule has 0 saturated carbocycles. The Balaban J connectivity index is 1.40. The van der Waals surface area contributed by atoms with Crippen molar-refractivity contribution in [1.29, 1.82) is 0 Å². The molecule has 1 N–H and O–H groups in total. The quantitative estimate of drug-likeness (QED) is 0.513. The molecule has 3 aromatic rings. The van der Waals surface area contributed by atoms with Gasteiger partial charge in [0, 0.05) is 12.5 Å². The number of amides is 1. The van der Waals surface area contributed by atoms with Crippen LogP contribution < -0.4 is 5.32 Å². The Morgan fingerprint density at radius 2 is 1.42 bits per heavy atom. The van der Waals surface area contributed by atoms with Gasteiger partial charge in [-0.2, -0.15) is 0 Å². The lowest BCUT2D eigenvalue weighted by Crippen LogP contribution is -2.67. The van der Waals surface area contributed by atoms with Crippen molar-refractivity contribution < 1.29 is 28.5 Å². The van der Waals surface area contributed by atoms with Crippen LogP contribution in [0.25, 0.3) is 0 Å². The van der Waals surface area contributed by atoms with Crippen molar-refractivity contribution >= 4 is 5.91 Å². The molecule has 3 aromatic carbocycles. The number of nitrogens with one attached hydrogen (secondary N) is 1. The van der Waals surface area contributed by atoms with Crippen LogP contribution in [0.4, 0.5) is 0 Å². The highest BCUT2D eigenvalue weighted by Crippen LogP contribution is 2.36. The highest BCUT2D eigenvalue weighted by atomic mass is 16.7. The molecule has 36 heavy (non-hydrogen) atoms. The predicted octanol–water partition coefficient (Wildman–Crippen LogP) is 4.13. The van der Waals surface area contributed by atoms with Gasteiger partial charge in [0.05, 0.1) is 19.8 Å². The zero-order chi connectivity index (χ0) is 24.7. The van der Waals surface area contributed by atoms with Crippen molar-refractivity contribution in [2.75, 3.05) is 6.61 Å². The van der Waals surface area contributed by atoms with Crippen molar-refractivity contribution in [2.45, 2.75) is 57.1 Å². The van der Waals surface area contributed by atoms with Crippen LogP contribution in [0.1, 0.15) is 29.9 Å². The number of ether oxygens (including phenoxy) is 5. The van der Waals surface area contributed by atoms with Crippen LogP contribution in [0.3, 0.4) is 0 Å². The average Bonchev–Trinajstić information content (AvgIpc) is 2.92. The minimum Gasteiger partial charge on any atom is -0.368 e. The van der Waals surface area contributed by atoms with Gasteiger partial charge in [-0.15, -0.1) is 0 Å². The number of carbonyl (C=O) groups is 1. The topological polar surface area (TPSA) is 75.3 Å². The molecule has 2 fully saturated rings. The number of rotatable bonds is 8. The fraction of sp³-hybridized carbons (Fsp3) is 0.345. The molecule has 2 aliphatic heterocycles. The van der Waals surface area contributed by atoms with Gasteiger partial charge in [-0.25, -0.2) is 0 Å². The van der Waals surface area contributed by atoms with E-state index in [1.54, 1.807) is 0 Å². The fourth-order valence-electron chi connectivity index (χ4n) is 4.60. The van der Waals surface area contributed by atoms with Crippen LogP contribution in [0.15, 0.2) is 91.0 Å². The Hall–Kier alpha value is -3.07. The van der Waals surface area contributed by atoms with Crippen LogP contribution >= 0.6 is 0 Å². The second-order valence-electron chi connectivity index (χ2n) is 9.00. The number of hydrogen-bond acceptors (Lipinski definition) is 6. The Bertz CT molecular complexity index is 1100. The smallest absolute Gasteiger partial charge is 0.217 e. The van der Waals surface area contributed by atoms with Gasteiger partial charge in [-0.05, 0) is 11.1 Å². The second kappa shape index (κ2) is 11.8. The normalized spacial score (nSPS) is 27.7. The van der Waals surface area contributed by atoms with Crippen molar-refractivity contribution in [3.63, 3.8) is 0 Å². The first kappa shape index (κ1) is 24.6. The van der Waals surface area contributed by atoms with Crippen LogP contribution in [-0.4, -0.2) is 43.2 Å². The Labute approximate surface area is 211 Å². The molecule has 0 aliphatic carbocycles. The van der Waals surface area contributed by atoms with E-state index in [4.69, 9.17) is 23.7 Å². The van der Waals surface area contributed by atoms with E-state index in [0.717, 1.165) is 16.7 Å². The first-order valence-electron chi connectivity index (χ1n) is 12.2. The minimum atomic E-state index is -0.739. The molecule has 2 aliphatic rings. The minimum absolute atomic E-state index is 0.199. The van der Waals surface area contributed by atoms with E-state index in [1.807, 2.05) is 91.0 Å². The first-order valence-corrected chi connectivity index (χ1v) is 12.2. The van der Waals surface area contributed by atoms with Crippen molar-refractivity contribution in [1.82, 2.24) is 5.32 Å². The number of carbonyl (C=O) groups excluding carboxylic acids is 1. The summed E-state index contributed by atoms with van der Waals surface area (Å²) < 4.78 is 31.4. The third kappa shape index (κ3) is 6.00. The molecule has 7 nitrogen and oxygen atoms in total. The van der Waals surface area contributed by atoms with Crippen molar-refractivity contribution in [3.8, 4) is 0 Å². The van der Waals surface area contributed by atoms with Gasteiger partial charge in [0.15, 0.2) is 12.6 Å². The van der Waals surface area contributed by atoms with E-state index in [2.05, 4.69) is 5.32 Å². The number of fused-ring (bicyclic) bond motifs is 1. The molecular formula is C29H31NO6. The molecule has 0 spiro atoms. The third-order valence-corrected chi connectivity index (χ3v) is 6.32. The lowest BCUT2D eigenvalue weighted by atomic mass is 9.95.